The van der Waals surface area contributed by atoms with Crippen molar-refractivity contribution in [3.8, 4) is 6.07 Å². The van der Waals surface area contributed by atoms with Gasteiger partial charge in [-0.25, -0.2) is 4.85 Å². The molecule has 1 aliphatic rings. The van der Waals surface area contributed by atoms with Crippen LogP contribution < -0.4 is 10.6 Å². The lowest BCUT2D eigenvalue weighted by Crippen LogP contribution is -2.23. The molecule has 2 aromatic carbocycles. The van der Waals surface area contributed by atoms with Gasteiger partial charge in [0.05, 0.1) is 25.1 Å². The summed E-state index contributed by atoms with van der Waals surface area (Å²) < 4.78 is 5.31. The summed E-state index contributed by atoms with van der Waals surface area (Å²) in [6.07, 6.45) is 3.53. The van der Waals surface area contributed by atoms with Gasteiger partial charge in [-0.3, -0.25) is 0 Å². The van der Waals surface area contributed by atoms with Crippen LogP contribution in [0.5, 0.6) is 0 Å². The molecule has 0 N–H and O–H groups in total. The zero-order chi connectivity index (χ0) is 17.0. The van der Waals surface area contributed by atoms with Gasteiger partial charge < -0.3 is 4.74 Å². The van der Waals surface area contributed by atoms with Crippen LogP contribution in [0.1, 0.15) is 0 Å². The SMILES string of the molecule is [C-]#[N+]C1=P(c2ccccc2)(c2ccccc2)C(C#N)=CC(OC)=C1. The molecule has 1 heterocycles. The molecular weight excluding hydrogens is 315 g/mol. The van der Waals surface area contributed by atoms with Crippen molar-refractivity contribution in [3.05, 3.63) is 95.3 Å². The Bertz CT molecular complexity index is 915. The Balaban J connectivity index is 2.53. The molecule has 3 rings (SSSR count). The zero-order valence-corrected chi connectivity index (χ0v) is 14.1. The van der Waals surface area contributed by atoms with Gasteiger partial charge in [0.25, 0.3) is 0 Å². The monoisotopic (exact) mass is 330 g/mol. The standard InChI is InChI=1S/C20H15N2OP/c1-22-20-14-16(23-2)13-19(15-21)24(20,17-9-5-3-6-10-17)18-11-7-4-8-12-18/h3-14H,2H3. The lowest BCUT2D eigenvalue weighted by molar-refractivity contribution is 0.307. The second-order valence-electron chi connectivity index (χ2n) is 5.20. The van der Waals surface area contributed by atoms with E-state index in [0.29, 0.717) is 16.5 Å². The number of methoxy groups -OCH3 is 1. The van der Waals surface area contributed by atoms with Gasteiger partial charge in [-0.1, -0.05) is 60.7 Å². The molecule has 0 saturated carbocycles. The predicted octanol–water partition coefficient (Wildman–Crippen LogP) is 3.66. The molecule has 1 aliphatic heterocycles. The van der Waals surface area contributed by atoms with E-state index >= 15 is 0 Å². The third-order valence-corrected chi connectivity index (χ3v) is 8.02. The van der Waals surface area contributed by atoms with Gasteiger partial charge in [0.2, 0.25) is 0 Å². The van der Waals surface area contributed by atoms with Crippen LogP contribution in [0, 0.1) is 17.9 Å². The average molecular weight is 330 g/mol. The first kappa shape index (κ1) is 15.9. The zero-order valence-electron chi connectivity index (χ0n) is 13.2. The van der Waals surface area contributed by atoms with E-state index in [0.717, 1.165) is 10.6 Å². The number of ether oxygens (including phenoxy) is 1. The molecular formula is C20H15N2OP. The van der Waals surface area contributed by atoms with Crippen molar-refractivity contribution in [1.82, 2.24) is 0 Å². The molecule has 0 unspecified atom stereocenters. The fourth-order valence-electron chi connectivity index (χ4n) is 2.95. The first-order valence-corrected chi connectivity index (χ1v) is 9.19. The number of nitriles is 1. The van der Waals surface area contributed by atoms with E-state index in [9.17, 15) is 5.26 Å². The molecule has 0 bridgehead atoms. The highest BCUT2D eigenvalue weighted by Crippen LogP contribution is 2.57. The second-order valence-corrected chi connectivity index (χ2v) is 8.52. The fourth-order valence-corrected chi connectivity index (χ4v) is 6.76. The third-order valence-electron chi connectivity index (χ3n) is 4.01. The summed E-state index contributed by atoms with van der Waals surface area (Å²) in [5, 5.41) is 12.5. The molecule has 4 heteroatoms. The number of rotatable bonds is 3. The van der Waals surface area contributed by atoms with E-state index in [4.69, 9.17) is 11.3 Å². The van der Waals surface area contributed by atoms with Crippen LogP contribution in [0.2, 0.25) is 0 Å². The minimum absolute atomic E-state index is 0.542. The van der Waals surface area contributed by atoms with Crippen LogP contribution in [0.4, 0.5) is 0 Å². The van der Waals surface area contributed by atoms with E-state index in [-0.39, 0.29) is 0 Å². The van der Waals surface area contributed by atoms with E-state index in [1.54, 1.807) is 19.3 Å². The van der Waals surface area contributed by atoms with E-state index in [2.05, 4.69) is 10.9 Å². The molecule has 0 aliphatic carbocycles. The predicted molar refractivity (Wildman–Crippen MR) is 99.5 cm³/mol. The summed E-state index contributed by atoms with van der Waals surface area (Å²) >= 11 is 0. The first-order chi connectivity index (χ1) is 11.8. The molecule has 24 heavy (non-hydrogen) atoms. The minimum Gasteiger partial charge on any atom is -0.498 e. The highest BCUT2D eigenvalue weighted by Gasteiger charge is 2.34. The normalized spacial score (nSPS) is 15.5. The minimum atomic E-state index is -2.46. The van der Waals surface area contributed by atoms with Crippen LogP contribution >= 0.6 is 6.89 Å². The average Bonchev–Trinajstić information content (AvgIpc) is 2.68. The van der Waals surface area contributed by atoms with Crippen molar-refractivity contribution >= 4 is 22.9 Å². The largest absolute Gasteiger partial charge is 0.498 e. The van der Waals surface area contributed by atoms with Crippen LogP contribution in [0.25, 0.3) is 4.85 Å². The molecule has 0 radical (unpaired) electrons. The van der Waals surface area contributed by atoms with E-state index in [1.165, 1.54) is 0 Å². The molecule has 3 nitrogen and oxygen atoms in total. The Kier molecular flexibility index (Phi) is 4.39. The van der Waals surface area contributed by atoms with Gasteiger partial charge in [0.15, 0.2) is 5.42 Å². The molecule has 0 aromatic heterocycles. The van der Waals surface area contributed by atoms with Crippen molar-refractivity contribution in [3.63, 3.8) is 0 Å². The molecule has 2 aromatic rings. The number of nitrogens with zero attached hydrogens (tertiary/aromatic N) is 2. The van der Waals surface area contributed by atoms with Gasteiger partial charge >= 0.3 is 0 Å². The summed E-state index contributed by atoms with van der Waals surface area (Å²) in [7, 11) is 1.55. The summed E-state index contributed by atoms with van der Waals surface area (Å²) in [6, 6.07) is 22.0. The Morgan fingerprint density at radius 3 is 1.92 bits per heavy atom. The highest BCUT2D eigenvalue weighted by molar-refractivity contribution is 7.93. The lowest BCUT2D eigenvalue weighted by Gasteiger charge is -2.30. The molecule has 116 valence electrons. The smallest absolute Gasteiger partial charge is 0.199 e. The van der Waals surface area contributed by atoms with Gasteiger partial charge in [-0.15, -0.1) is 0 Å². The van der Waals surface area contributed by atoms with Crippen molar-refractivity contribution in [1.29, 1.82) is 5.26 Å². The second kappa shape index (κ2) is 6.63. The molecule has 0 atom stereocenters. The number of benzene rings is 2. The van der Waals surface area contributed by atoms with Gasteiger partial charge in [-0.05, 0) is 22.8 Å². The van der Waals surface area contributed by atoms with Gasteiger partial charge in [0, 0.05) is 6.89 Å². The van der Waals surface area contributed by atoms with E-state index in [1.807, 2.05) is 60.7 Å². The topological polar surface area (TPSA) is 37.4 Å². The number of allylic oxidation sites excluding steroid dienone is 2. The Labute approximate surface area is 141 Å². The van der Waals surface area contributed by atoms with Gasteiger partial charge in [-0.2, -0.15) is 5.26 Å². The Hall–Kier alpha value is -3.00. The third kappa shape index (κ3) is 2.37. The summed E-state index contributed by atoms with van der Waals surface area (Å²) in [6.45, 7) is 5.30. The maximum atomic E-state index is 9.89. The van der Waals surface area contributed by atoms with Crippen LogP contribution in [-0.4, -0.2) is 12.5 Å². The van der Waals surface area contributed by atoms with Crippen molar-refractivity contribution in [2.24, 2.45) is 0 Å². The number of hydrogen-bond donors (Lipinski definition) is 0. The summed E-state index contributed by atoms with van der Waals surface area (Å²) in [5.74, 6) is 0.542. The van der Waals surface area contributed by atoms with Gasteiger partial charge in [0.1, 0.15) is 5.76 Å². The first-order valence-electron chi connectivity index (χ1n) is 7.40. The van der Waals surface area contributed by atoms with E-state index < -0.39 is 6.89 Å². The molecule has 0 spiro atoms. The number of hydrogen-bond acceptors (Lipinski definition) is 2. The molecule has 0 amide bonds. The van der Waals surface area contributed by atoms with Crippen molar-refractivity contribution in [2.75, 3.05) is 7.11 Å². The van der Waals surface area contributed by atoms with Crippen LogP contribution in [0.3, 0.4) is 0 Å². The van der Waals surface area contributed by atoms with Crippen LogP contribution in [0.15, 0.2) is 83.9 Å². The Morgan fingerprint density at radius 2 is 1.50 bits per heavy atom. The summed E-state index contributed by atoms with van der Waals surface area (Å²) in [5.41, 5.74) is 0.566. The fraction of sp³-hybridized carbons (Fsp3) is 0.0500. The van der Waals surface area contributed by atoms with Crippen LogP contribution in [-0.2, 0) is 4.74 Å². The maximum absolute atomic E-state index is 9.89. The molecule has 0 saturated heterocycles. The van der Waals surface area contributed by atoms with Crippen molar-refractivity contribution < 1.29 is 4.74 Å². The van der Waals surface area contributed by atoms with Crippen molar-refractivity contribution in [2.45, 2.75) is 0 Å². The quantitative estimate of drug-likeness (QED) is 0.636. The lowest BCUT2D eigenvalue weighted by atomic mass is 10.3. The highest BCUT2D eigenvalue weighted by atomic mass is 31.2. The molecule has 0 fully saturated rings. The Morgan fingerprint density at radius 1 is 0.958 bits per heavy atom. The maximum Gasteiger partial charge on any atom is 0.199 e. The summed E-state index contributed by atoms with van der Waals surface area (Å²) in [4.78, 5) is 3.82.